The van der Waals surface area contributed by atoms with Gasteiger partial charge in [0.15, 0.2) is 0 Å². The molecule has 2 rings (SSSR count). The Hall–Kier alpha value is -0.470. The van der Waals surface area contributed by atoms with Crippen LogP contribution in [0.2, 0.25) is 0 Å². The van der Waals surface area contributed by atoms with Crippen LogP contribution >= 0.6 is 11.8 Å². The molecule has 1 atom stereocenters. The molecule has 0 saturated carbocycles. The van der Waals surface area contributed by atoms with Crippen molar-refractivity contribution in [2.75, 3.05) is 18.1 Å². The first-order chi connectivity index (χ1) is 6.47. The molecule has 1 N–H and O–H groups in total. The molecule has 0 spiro atoms. The van der Waals surface area contributed by atoms with E-state index in [1.54, 1.807) is 0 Å². The van der Waals surface area contributed by atoms with E-state index in [1.165, 1.54) is 23.5 Å². The van der Waals surface area contributed by atoms with E-state index in [9.17, 15) is 0 Å². The highest BCUT2D eigenvalue weighted by Crippen LogP contribution is 2.20. The maximum absolute atomic E-state index is 3.58. The molecule has 0 bridgehead atoms. The lowest BCUT2D eigenvalue weighted by Crippen LogP contribution is -2.22. The van der Waals surface area contributed by atoms with Crippen LogP contribution in [0.5, 0.6) is 0 Å². The van der Waals surface area contributed by atoms with E-state index in [1.807, 2.05) is 0 Å². The van der Waals surface area contributed by atoms with Gasteiger partial charge in [-0.15, -0.1) is 0 Å². The molecule has 1 aromatic rings. The van der Waals surface area contributed by atoms with Crippen molar-refractivity contribution in [2.45, 2.75) is 12.5 Å². The van der Waals surface area contributed by atoms with E-state index >= 15 is 0 Å². The van der Waals surface area contributed by atoms with E-state index in [0.717, 1.165) is 6.54 Å². The minimum atomic E-state index is 0.564. The van der Waals surface area contributed by atoms with E-state index in [0.29, 0.717) is 6.04 Å². The molecule has 2 heteroatoms. The summed E-state index contributed by atoms with van der Waals surface area (Å²) in [6.45, 7) is 1.16. The van der Waals surface area contributed by atoms with Crippen molar-refractivity contribution in [3.63, 3.8) is 0 Å². The van der Waals surface area contributed by atoms with E-state index in [4.69, 9.17) is 0 Å². The summed E-state index contributed by atoms with van der Waals surface area (Å²) in [5.41, 5.74) is 1.43. The Bertz CT molecular complexity index is 240. The van der Waals surface area contributed by atoms with Crippen LogP contribution in [0.25, 0.3) is 0 Å². The summed E-state index contributed by atoms with van der Waals surface area (Å²) in [7, 11) is 0. The van der Waals surface area contributed by atoms with Crippen LogP contribution in [0.4, 0.5) is 0 Å². The normalized spacial score (nSPS) is 23.8. The van der Waals surface area contributed by atoms with Crippen molar-refractivity contribution < 1.29 is 0 Å². The van der Waals surface area contributed by atoms with Crippen molar-refractivity contribution >= 4 is 11.8 Å². The Morgan fingerprint density at radius 2 is 2.08 bits per heavy atom. The summed E-state index contributed by atoms with van der Waals surface area (Å²) in [4.78, 5) is 0. The Labute approximate surface area is 83.9 Å². The first kappa shape index (κ1) is 9.10. The fourth-order valence-corrected chi connectivity index (χ4v) is 2.67. The lowest BCUT2D eigenvalue weighted by molar-refractivity contribution is 0.590. The van der Waals surface area contributed by atoms with Gasteiger partial charge < -0.3 is 5.32 Å². The smallest absolute Gasteiger partial charge is 0.0411 e. The third-order valence-electron chi connectivity index (χ3n) is 2.34. The second-order valence-corrected chi connectivity index (χ2v) is 4.50. The van der Waals surface area contributed by atoms with Gasteiger partial charge in [-0.2, -0.15) is 11.8 Å². The van der Waals surface area contributed by atoms with E-state index < -0.39 is 0 Å². The summed E-state index contributed by atoms with van der Waals surface area (Å²) in [6, 6.07) is 11.3. The summed E-state index contributed by atoms with van der Waals surface area (Å²) < 4.78 is 0. The van der Waals surface area contributed by atoms with Gasteiger partial charge in [-0.05, 0) is 24.3 Å². The van der Waals surface area contributed by atoms with Gasteiger partial charge in [0.1, 0.15) is 0 Å². The number of benzene rings is 1. The molecule has 1 nitrogen and oxygen atoms in total. The van der Waals surface area contributed by atoms with Gasteiger partial charge in [0.2, 0.25) is 0 Å². The minimum Gasteiger partial charge on any atom is -0.309 e. The van der Waals surface area contributed by atoms with Crippen molar-refractivity contribution in [1.82, 2.24) is 5.32 Å². The SMILES string of the molecule is c1ccc([C@H]2CSCCCN2)cc1. The zero-order chi connectivity index (χ0) is 8.93. The van der Waals surface area contributed by atoms with E-state index in [2.05, 4.69) is 47.4 Å². The third kappa shape index (κ3) is 2.48. The zero-order valence-corrected chi connectivity index (χ0v) is 8.52. The van der Waals surface area contributed by atoms with Crippen molar-refractivity contribution in [2.24, 2.45) is 0 Å². The predicted octanol–water partition coefficient (Wildman–Crippen LogP) is 2.45. The van der Waals surface area contributed by atoms with Gasteiger partial charge in [0.25, 0.3) is 0 Å². The number of nitrogens with one attached hydrogen (secondary N) is 1. The molecule has 1 heterocycles. The van der Waals surface area contributed by atoms with Gasteiger partial charge in [-0.1, -0.05) is 30.3 Å². The summed E-state index contributed by atoms with van der Waals surface area (Å²) in [5, 5.41) is 3.58. The molecule has 0 unspecified atom stereocenters. The molecule has 70 valence electrons. The van der Waals surface area contributed by atoms with Crippen molar-refractivity contribution in [1.29, 1.82) is 0 Å². The van der Waals surface area contributed by atoms with Crippen LogP contribution in [0.15, 0.2) is 30.3 Å². The molecule has 0 radical (unpaired) electrons. The van der Waals surface area contributed by atoms with Gasteiger partial charge in [-0.25, -0.2) is 0 Å². The Morgan fingerprint density at radius 1 is 1.23 bits per heavy atom. The minimum absolute atomic E-state index is 0.564. The molecular formula is C11H15NS. The molecule has 1 fully saturated rings. The quantitative estimate of drug-likeness (QED) is 0.735. The van der Waals surface area contributed by atoms with Crippen LogP contribution in [-0.2, 0) is 0 Å². The maximum Gasteiger partial charge on any atom is 0.0411 e. The van der Waals surface area contributed by atoms with Crippen molar-refractivity contribution in [3.05, 3.63) is 35.9 Å². The molecule has 1 aliphatic heterocycles. The van der Waals surface area contributed by atoms with Crippen LogP contribution in [0, 0.1) is 0 Å². The molecule has 0 aliphatic carbocycles. The average Bonchev–Trinajstić information content (AvgIpc) is 2.47. The molecule has 0 aromatic heterocycles. The van der Waals surface area contributed by atoms with Gasteiger partial charge >= 0.3 is 0 Å². The lowest BCUT2D eigenvalue weighted by Gasteiger charge is -2.15. The van der Waals surface area contributed by atoms with Crippen LogP contribution in [-0.4, -0.2) is 18.1 Å². The van der Waals surface area contributed by atoms with Gasteiger partial charge in [0.05, 0.1) is 0 Å². The van der Waals surface area contributed by atoms with Gasteiger partial charge in [0, 0.05) is 11.8 Å². The monoisotopic (exact) mass is 193 g/mol. The molecule has 1 aliphatic rings. The zero-order valence-electron chi connectivity index (χ0n) is 7.70. The first-order valence-corrected chi connectivity index (χ1v) is 5.98. The van der Waals surface area contributed by atoms with Crippen LogP contribution < -0.4 is 5.32 Å². The van der Waals surface area contributed by atoms with Crippen molar-refractivity contribution in [3.8, 4) is 0 Å². The number of rotatable bonds is 1. The second kappa shape index (κ2) is 4.68. The standard InChI is InChI=1S/C11H15NS/c1-2-5-10(6-3-1)11-9-13-8-4-7-12-11/h1-3,5-6,11-12H,4,7-9H2/t11-/m1/s1. The molecular weight excluding hydrogens is 178 g/mol. The lowest BCUT2D eigenvalue weighted by atomic mass is 10.1. The maximum atomic E-state index is 3.58. The summed E-state index contributed by atoms with van der Waals surface area (Å²) in [6.07, 6.45) is 1.30. The predicted molar refractivity (Wildman–Crippen MR) is 59.1 cm³/mol. The Balaban J connectivity index is 2.06. The topological polar surface area (TPSA) is 12.0 Å². The second-order valence-electron chi connectivity index (χ2n) is 3.35. The molecule has 1 saturated heterocycles. The van der Waals surface area contributed by atoms with Crippen LogP contribution in [0.3, 0.4) is 0 Å². The Morgan fingerprint density at radius 3 is 2.92 bits per heavy atom. The highest BCUT2D eigenvalue weighted by Gasteiger charge is 2.12. The average molecular weight is 193 g/mol. The first-order valence-electron chi connectivity index (χ1n) is 4.83. The highest BCUT2D eigenvalue weighted by molar-refractivity contribution is 7.99. The summed E-state index contributed by atoms with van der Waals surface area (Å²) >= 11 is 2.06. The number of hydrogen-bond acceptors (Lipinski definition) is 2. The van der Waals surface area contributed by atoms with Crippen LogP contribution in [0.1, 0.15) is 18.0 Å². The Kier molecular flexibility index (Phi) is 3.27. The van der Waals surface area contributed by atoms with Gasteiger partial charge in [-0.3, -0.25) is 0 Å². The highest BCUT2D eigenvalue weighted by atomic mass is 32.2. The largest absolute Gasteiger partial charge is 0.309 e. The molecule has 13 heavy (non-hydrogen) atoms. The summed E-state index contributed by atoms with van der Waals surface area (Å²) in [5.74, 6) is 2.51. The molecule has 0 amide bonds. The van der Waals surface area contributed by atoms with E-state index in [-0.39, 0.29) is 0 Å². The fourth-order valence-electron chi connectivity index (χ4n) is 1.61. The third-order valence-corrected chi connectivity index (χ3v) is 3.49. The number of thioether (sulfide) groups is 1. The number of hydrogen-bond donors (Lipinski definition) is 1. The fraction of sp³-hybridized carbons (Fsp3) is 0.455. The molecule has 1 aromatic carbocycles.